The molecular formula is C25H27FN2O5S. The van der Waals surface area contributed by atoms with E-state index in [4.69, 9.17) is 8.92 Å². The van der Waals surface area contributed by atoms with Crippen molar-refractivity contribution in [3.8, 4) is 11.5 Å². The van der Waals surface area contributed by atoms with Gasteiger partial charge in [-0.2, -0.15) is 8.42 Å². The van der Waals surface area contributed by atoms with Gasteiger partial charge in [0.2, 0.25) is 0 Å². The van der Waals surface area contributed by atoms with Crippen LogP contribution in [0.3, 0.4) is 0 Å². The van der Waals surface area contributed by atoms with E-state index in [9.17, 15) is 17.6 Å². The van der Waals surface area contributed by atoms with Crippen LogP contribution in [0.5, 0.6) is 11.5 Å². The molecule has 0 aliphatic rings. The van der Waals surface area contributed by atoms with Crippen LogP contribution >= 0.6 is 0 Å². The second-order valence-electron chi connectivity index (χ2n) is 7.89. The minimum absolute atomic E-state index is 0.120. The molecule has 0 unspecified atom stereocenters. The Bertz CT molecular complexity index is 1200. The highest BCUT2D eigenvalue weighted by molar-refractivity contribution is 7.87. The maximum Gasteiger partial charge on any atom is 0.339 e. The number of ether oxygens (including phenoxy) is 1. The first-order valence-corrected chi connectivity index (χ1v) is 12.0. The van der Waals surface area contributed by atoms with Gasteiger partial charge in [0.05, 0.1) is 7.11 Å². The Labute approximate surface area is 199 Å². The SMILES string of the molecule is COc1ccc(C(=O)N(CCN(C)C)Cc2ccc(OS(=O)(=O)c3ccc(F)cc3)cc2)cc1. The summed E-state index contributed by atoms with van der Waals surface area (Å²) in [7, 11) is 1.35. The van der Waals surface area contributed by atoms with E-state index in [1.807, 2.05) is 19.0 Å². The van der Waals surface area contributed by atoms with Crippen molar-refractivity contribution in [3.05, 3.63) is 89.7 Å². The summed E-state index contributed by atoms with van der Waals surface area (Å²) in [6.07, 6.45) is 0. The molecule has 7 nitrogen and oxygen atoms in total. The average Bonchev–Trinajstić information content (AvgIpc) is 2.82. The predicted molar refractivity (Wildman–Crippen MR) is 127 cm³/mol. The van der Waals surface area contributed by atoms with Crippen molar-refractivity contribution in [2.24, 2.45) is 0 Å². The summed E-state index contributed by atoms with van der Waals surface area (Å²) in [5.41, 5.74) is 1.36. The van der Waals surface area contributed by atoms with Crippen molar-refractivity contribution in [1.82, 2.24) is 9.80 Å². The fraction of sp³-hybridized carbons (Fsp3) is 0.240. The Morgan fingerprint density at radius 2 is 1.44 bits per heavy atom. The van der Waals surface area contributed by atoms with Crippen LogP contribution in [0.1, 0.15) is 15.9 Å². The molecule has 0 aliphatic carbocycles. The molecule has 0 radical (unpaired) electrons. The van der Waals surface area contributed by atoms with Crippen molar-refractivity contribution in [1.29, 1.82) is 0 Å². The number of nitrogens with zero attached hydrogens (tertiary/aromatic N) is 2. The molecule has 3 aromatic rings. The van der Waals surface area contributed by atoms with Gasteiger partial charge < -0.3 is 18.7 Å². The normalized spacial score (nSPS) is 11.3. The molecule has 1 amide bonds. The van der Waals surface area contributed by atoms with E-state index in [2.05, 4.69) is 0 Å². The van der Waals surface area contributed by atoms with Gasteiger partial charge in [0, 0.05) is 25.2 Å². The maximum absolute atomic E-state index is 13.1. The molecule has 0 saturated carbocycles. The third-order valence-corrected chi connectivity index (χ3v) is 6.31. The first-order valence-electron chi connectivity index (χ1n) is 10.5. The third kappa shape index (κ3) is 6.79. The zero-order chi connectivity index (χ0) is 24.7. The van der Waals surface area contributed by atoms with Gasteiger partial charge >= 0.3 is 10.1 Å². The first kappa shape index (κ1) is 25.2. The Balaban J connectivity index is 1.73. The molecule has 3 aromatic carbocycles. The van der Waals surface area contributed by atoms with E-state index in [-0.39, 0.29) is 16.6 Å². The van der Waals surface area contributed by atoms with Crippen LogP contribution in [-0.2, 0) is 16.7 Å². The lowest BCUT2D eigenvalue weighted by Gasteiger charge is -2.25. The van der Waals surface area contributed by atoms with Crippen molar-refractivity contribution >= 4 is 16.0 Å². The first-order chi connectivity index (χ1) is 16.2. The van der Waals surface area contributed by atoms with Gasteiger partial charge in [0.15, 0.2) is 0 Å². The molecule has 0 spiro atoms. The van der Waals surface area contributed by atoms with Crippen LogP contribution < -0.4 is 8.92 Å². The van der Waals surface area contributed by atoms with Crippen LogP contribution in [-0.4, -0.2) is 58.4 Å². The highest BCUT2D eigenvalue weighted by Gasteiger charge is 2.19. The van der Waals surface area contributed by atoms with Crippen LogP contribution in [0, 0.1) is 5.82 Å². The Kier molecular flexibility index (Phi) is 8.25. The third-order valence-electron chi connectivity index (χ3n) is 5.05. The number of benzene rings is 3. The number of likely N-dealkylation sites (N-methyl/N-ethyl adjacent to an activating group) is 1. The zero-order valence-electron chi connectivity index (χ0n) is 19.3. The van der Waals surface area contributed by atoms with E-state index in [0.29, 0.717) is 30.9 Å². The largest absolute Gasteiger partial charge is 0.497 e. The standard InChI is InChI=1S/C25H27FN2O5S/c1-27(2)16-17-28(25(29)20-6-12-22(32-3)13-7-20)18-19-4-10-23(11-5-19)33-34(30,31)24-14-8-21(26)9-15-24/h4-15H,16-18H2,1-3H3. The van der Waals surface area contributed by atoms with Gasteiger partial charge in [-0.15, -0.1) is 0 Å². The molecule has 0 aromatic heterocycles. The van der Waals surface area contributed by atoms with Crippen LogP contribution in [0.25, 0.3) is 0 Å². The summed E-state index contributed by atoms with van der Waals surface area (Å²) in [6, 6.07) is 17.8. The van der Waals surface area contributed by atoms with E-state index < -0.39 is 15.9 Å². The van der Waals surface area contributed by atoms with Crippen molar-refractivity contribution in [2.75, 3.05) is 34.3 Å². The Hall–Kier alpha value is -3.43. The molecule has 0 aliphatic heterocycles. The van der Waals surface area contributed by atoms with Crippen LogP contribution in [0.4, 0.5) is 4.39 Å². The smallest absolute Gasteiger partial charge is 0.339 e. The zero-order valence-corrected chi connectivity index (χ0v) is 20.1. The predicted octanol–water partition coefficient (Wildman–Crippen LogP) is 3.81. The van der Waals surface area contributed by atoms with Gasteiger partial charge in [-0.1, -0.05) is 12.1 Å². The second-order valence-corrected chi connectivity index (χ2v) is 9.44. The van der Waals surface area contributed by atoms with Gasteiger partial charge in [0.1, 0.15) is 22.2 Å². The quantitative estimate of drug-likeness (QED) is 0.406. The lowest BCUT2D eigenvalue weighted by molar-refractivity contribution is 0.0732. The number of hydrogen-bond acceptors (Lipinski definition) is 6. The average molecular weight is 487 g/mol. The monoisotopic (exact) mass is 486 g/mol. The molecule has 0 saturated heterocycles. The molecular weight excluding hydrogens is 459 g/mol. The molecule has 0 fully saturated rings. The summed E-state index contributed by atoms with van der Waals surface area (Å²) < 4.78 is 48.2. The lowest BCUT2D eigenvalue weighted by atomic mass is 10.1. The number of methoxy groups -OCH3 is 1. The molecule has 0 atom stereocenters. The van der Waals surface area contributed by atoms with E-state index in [0.717, 1.165) is 29.8 Å². The fourth-order valence-corrected chi connectivity index (χ4v) is 4.07. The van der Waals surface area contributed by atoms with E-state index in [1.54, 1.807) is 48.4 Å². The molecule has 0 bridgehead atoms. The van der Waals surface area contributed by atoms with E-state index >= 15 is 0 Å². The minimum atomic E-state index is -4.09. The second kappa shape index (κ2) is 11.1. The molecule has 9 heteroatoms. The summed E-state index contributed by atoms with van der Waals surface area (Å²) >= 11 is 0. The number of carbonyl (C=O) groups excluding carboxylic acids is 1. The number of hydrogen-bond donors (Lipinski definition) is 0. The molecule has 0 N–H and O–H groups in total. The minimum Gasteiger partial charge on any atom is -0.497 e. The van der Waals surface area contributed by atoms with Gasteiger partial charge in [-0.3, -0.25) is 4.79 Å². The van der Waals surface area contributed by atoms with Crippen LogP contribution in [0.2, 0.25) is 0 Å². The van der Waals surface area contributed by atoms with Crippen LogP contribution in [0.15, 0.2) is 77.7 Å². The van der Waals surface area contributed by atoms with Crippen molar-refractivity contribution in [2.45, 2.75) is 11.4 Å². The van der Waals surface area contributed by atoms with Gasteiger partial charge in [-0.05, 0) is 80.3 Å². The topological polar surface area (TPSA) is 76.2 Å². The molecule has 3 rings (SSSR count). The fourth-order valence-electron chi connectivity index (χ4n) is 3.14. The number of amides is 1. The highest BCUT2D eigenvalue weighted by atomic mass is 32.2. The lowest BCUT2D eigenvalue weighted by Crippen LogP contribution is -2.36. The van der Waals surface area contributed by atoms with E-state index in [1.165, 1.54) is 12.1 Å². The molecule has 34 heavy (non-hydrogen) atoms. The Morgan fingerprint density at radius 3 is 2.00 bits per heavy atom. The van der Waals surface area contributed by atoms with Gasteiger partial charge in [0.25, 0.3) is 5.91 Å². The number of carbonyl (C=O) groups is 1. The molecule has 180 valence electrons. The Morgan fingerprint density at radius 1 is 0.853 bits per heavy atom. The summed E-state index contributed by atoms with van der Waals surface area (Å²) in [4.78, 5) is 16.7. The summed E-state index contributed by atoms with van der Waals surface area (Å²) in [6.45, 7) is 1.53. The highest BCUT2D eigenvalue weighted by Crippen LogP contribution is 2.21. The van der Waals surface area contributed by atoms with Crippen molar-refractivity contribution < 1.29 is 26.5 Å². The number of rotatable bonds is 10. The molecule has 0 heterocycles. The summed E-state index contributed by atoms with van der Waals surface area (Å²) in [5.74, 6) is 0.131. The van der Waals surface area contributed by atoms with Gasteiger partial charge in [-0.25, -0.2) is 4.39 Å². The number of halogens is 1. The van der Waals surface area contributed by atoms with Crippen molar-refractivity contribution in [3.63, 3.8) is 0 Å². The maximum atomic E-state index is 13.1. The summed E-state index contributed by atoms with van der Waals surface area (Å²) in [5, 5.41) is 0.